The van der Waals surface area contributed by atoms with Crippen LogP contribution in [0.1, 0.15) is 39.3 Å². The summed E-state index contributed by atoms with van der Waals surface area (Å²) in [6.07, 6.45) is -2.25. The minimum Gasteiger partial charge on any atom is -0.449 e. The van der Waals surface area contributed by atoms with Crippen LogP contribution in [0.5, 0.6) is 0 Å². The summed E-state index contributed by atoms with van der Waals surface area (Å²) >= 11 is 0. The average molecular weight is 359 g/mol. The number of hydrogen-bond acceptors (Lipinski definition) is 7. The summed E-state index contributed by atoms with van der Waals surface area (Å²) in [6.45, 7) is 3.68. The molecular formula is C15H22FN3O6. The second kappa shape index (κ2) is 8.37. The Morgan fingerprint density at radius 2 is 2.16 bits per heavy atom. The van der Waals surface area contributed by atoms with E-state index in [0.29, 0.717) is 6.42 Å². The van der Waals surface area contributed by atoms with Crippen molar-refractivity contribution in [3.63, 3.8) is 0 Å². The van der Waals surface area contributed by atoms with Crippen LogP contribution in [0.25, 0.3) is 0 Å². The van der Waals surface area contributed by atoms with E-state index in [0.717, 1.165) is 23.6 Å². The Hall–Kier alpha value is -2.04. The Morgan fingerprint density at radius 3 is 2.76 bits per heavy atom. The van der Waals surface area contributed by atoms with Crippen molar-refractivity contribution in [1.82, 2.24) is 9.55 Å². The standard InChI is InChI=1S/C15H22FN3O6/c1-3-4-5-6-24-15(23)18-12-9(16)7-19(14(22)17-12)13-11(21)10(20)8(2)25-13/h7-8,10-11,13,20-21H,3-6H2,1-2H3,(H,17,18,22,23)/t8-,10?,11?,13?/m1/s1. The van der Waals surface area contributed by atoms with E-state index in [4.69, 9.17) is 9.47 Å². The van der Waals surface area contributed by atoms with Gasteiger partial charge < -0.3 is 19.7 Å². The van der Waals surface area contributed by atoms with Gasteiger partial charge in [-0.1, -0.05) is 19.8 Å². The van der Waals surface area contributed by atoms with Gasteiger partial charge in [0.2, 0.25) is 0 Å². The highest BCUT2D eigenvalue weighted by molar-refractivity contribution is 5.83. The number of unbranched alkanes of at least 4 members (excludes halogenated alkanes) is 2. The maximum Gasteiger partial charge on any atom is 0.412 e. The highest BCUT2D eigenvalue weighted by Crippen LogP contribution is 2.28. The van der Waals surface area contributed by atoms with Gasteiger partial charge in [0.15, 0.2) is 17.9 Å². The monoisotopic (exact) mass is 359 g/mol. The van der Waals surface area contributed by atoms with Crippen LogP contribution in [-0.2, 0) is 9.47 Å². The molecule has 0 spiro atoms. The second-order valence-corrected chi connectivity index (χ2v) is 5.81. The van der Waals surface area contributed by atoms with Crippen molar-refractivity contribution in [2.45, 2.75) is 57.6 Å². The van der Waals surface area contributed by atoms with Crippen molar-refractivity contribution in [2.75, 3.05) is 11.9 Å². The zero-order valence-electron chi connectivity index (χ0n) is 14.0. The average Bonchev–Trinajstić information content (AvgIpc) is 2.82. The molecule has 1 aromatic heterocycles. The second-order valence-electron chi connectivity index (χ2n) is 5.81. The summed E-state index contributed by atoms with van der Waals surface area (Å²) in [5.74, 6) is -1.59. The molecule has 140 valence electrons. The van der Waals surface area contributed by atoms with Crippen LogP contribution in [0.3, 0.4) is 0 Å². The molecule has 1 aromatic rings. The Morgan fingerprint density at radius 1 is 1.44 bits per heavy atom. The van der Waals surface area contributed by atoms with Crippen molar-refractivity contribution in [3.05, 3.63) is 22.5 Å². The summed E-state index contributed by atoms with van der Waals surface area (Å²) < 4.78 is 24.9. The molecule has 1 fully saturated rings. The topological polar surface area (TPSA) is 123 Å². The van der Waals surface area contributed by atoms with E-state index >= 15 is 0 Å². The van der Waals surface area contributed by atoms with E-state index < -0.39 is 48.0 Å². The molecular weight excluding hydrogens is 337 g/mol. The van der Waals surface area contributed by atoms with Gasteiger partial charge in [0.1, 0.15) is 12.2 Å². The summed E-state index contributed by atoms with van der Waals surface area (Å²) in [5.41, 5.74) is -0.951. The highest BCUT2D eigenvalue weighted by Gasteiger charge is 2.42. The highest BCUT2D eigenvalue weighted by atomic mass is 19.1. The molecule has 1 amide bonds. The van der Waals surface area contributed by atoms with Gasteiger partial charge in [-0.15, -0.1) is 0 Å². The number of halogens is 1. The number of nitrogens with zero attached hydrogens (tertiary/aromatic N) is 2. The zero-order valence-corrected chi connectivity index (χ0v) is 14.0. The number of aromatic nitrogens is 2. The molecule has 0 saturated carbocycles. The third-order valence-corrected chi connectivity index (χ3v) is 3.86. The SMILES string of the molecule is CCCCCOC(=O)Nc1nc(=O)n(C2O[C@H](C)C(O)C2O)cc1F. The molecule has 0 bridgehead atoms. The van der Waals surface area contributed by atoms with E-state index in [1.54, 1.807) is 0 Å². The first-order chi connectivity index (χ1) is 11.8. The Labute approximate surface area is 143 Å². The molecule has 3 N–H and O–H groups in total. The first kappa shape index (κ1) is 19.3. The summed E-state index contributed by atoms with van der Waals surface area (Å²) in [6, 6.07) is 0. The van der Waals surface area contributed by atoms with Gasteiger partial charge in [0.05, 0.1) is 18.9 Å². The van der Waals surface area contributed by atoms with Crippen molar-refractivity contribution < 1.29 is 28.9 Å². The molecule has 1 saturated heterocycles. The van der Waals surface area contributed by atoms with Crippen LogP contribution in [-0.4, -0.2) is 50.8 Å². The van der Waals surface area contributed by atoms with Crippen LogP contribution < -0.4 is 11.0 Å². The summed E-state index contributed by atoms with van der Waals surface area (Å²) in [5, 5.41) is 21.6. The first-order valence-corrected chi connectivity index (χ1v) is 8.09. The Kier molecular flexibility index (Phi) is 6.45. The number of aliphatic hydroxyl groups excluding tert-OH is 2. The van der Waals surface area contributed by atoms with Crippen molar-refractivity contribution >= 4 is 11.9 Å². The van der Waals surface area contributed by atoms with Gasteiger partial charge in [-0.3, -0.25) is 9.88 Å². The molecule has 3 unspecified atom stereocenters. The molecule has 0 aromatic carbocycles. The predicted octanol–water partition coefficient (Wildman–Crippen LogP) is 0.760. The predicted molar refractivity (Wildman–Crippen MR) is 84.5 cm³/mol. The molecule has 4 atom stereocenters. The molecule has 0 radical (unpaired) electrons. The largest absolute Gasteiger partial charge is 0.449 e. The number of rotatable bonds is 6. The maximum atomic E-state index is 14.1. The lowest BCUT2D eigenvalue weighted by Gasteiger charge is -2.17. The Bertz CT molecular complexity index is 667. The van der Waals surface area contributed by atoms with Crippen LogP contribution >= 0.6 is 0 Å². The smallest absolute Gasteiger partial charge is 0.412 e. The lowest BCUT2D eigenvalue weighted by molar-refractivity contribution is -0.0355. The summed E-state index contributed by atoms with van der Waals surface area (Å²) in [4.78, 5) is 27.0. The van der Waals surface area contributed by atoms with Crippen molar-refractivity contribution in [3.8, 4) is 0 Å². The van der Waals surface area contributed by atoms with Crippen LogP contribution in [0.15, 0.2) is 11.0 Å². The van der Waals surface area contributed by atoms with Crippen LogP contribution in [0.4, 0.5) is 15.0 Å². The number of amides is 1. The fourth-order valence-electron chi connectivity index (χ4n) is 2.42. The molecule has 0 aliphatic carbocycles. The fourth-order valence-corrected chi connectivity index (χ4v) is 2.42. The molecule has 25 heavy (non-hydrogen) atoms. The molecule has 10 heteroatoms. The number of anilines is 1. The van der Waals surface area contributed by atoms with Crippen LogP contribution in [0.2, 0.25) is 0 Å². The maximum absolute atomic E-state index is 14.1. The van der Waals surface area contributed by atoms with Crippen LogP contribution in [0, 0.1) is 5.82 Å². The normalized spacial score (nSPS) is 25.8. The van der Waals surface area contributed by atoms with Crippen molar-refractivity contribution in [2.24, 2.45) is 0 Å². The van der Waals surface area contributed by atoms with Gasteiger partial charge in [-0.25, -0.2) is 14.0 Å². The van der Waals surface area contributed by atoms with E-state index in [-0.39, 0.29) is 6.61 Å². The quantitative estimate of drug-likeness (QED) is 0.641. The minimum absolute atomic E-state index is 0.177. The molecule has 2 rings (SSSR count). The van der Waals surface area contributed by atoms with Gasteiger partial charge in [0.25, 0.3) is 0 Å². The van der Waals surface area contributed by atoms with E-state index in [1.165, 1.54) is 6.92 Å². The number of hydrogen-bond donors (Lipinski definition) is 3. The van der Waals surface area contributed by atoms with Gasteiger partial charge >= 0.3 is 11.8 Å². The lowest BCUT2D eigenvalue weighted by atomic mass is 10.1. The molecule has 1 aliphatic heterocycles. The van der Waals surface area contributed by atoms with E-state index in [1.807, 2.05) is 6.92 Å². The number of ether oxygens (including phenoxy) is 2. The Balaban J connectivity index is 2.07. The van der Waals surface area contributed by atoms with E-state index in [9.17, 15) is 24.2 Å². The molecule has 2 heterocycles. The third-order valence-electron chi connectivity index (χ3n) is 3.86. The first-order valence-electron chi connectivity index (χ1n) is 8.09. The minimum atomic E-state index is -1.41. The van der Waals surface area contributed by atoms with Gasteiger partial charge in [0, 0.05) is 0 Å². The lowest BCUT2D eigenvalue weighted by Crippen LogP contribution is -2.36. The zero-order chi connectivity index (χ0) is 18.6. The molecule has 1 aliphatic rings. The van der Waals surface area contributed by atoms with Gasteiger partial charge in [-0.05, 0) is 13.3 Å². The number of aliphatic hydroxyl groups is 2. The molecule has 9 nitrogen and oxygen atoms in total. The summed E-state index contributed by atoms with van der Waals surface area (Å²) in [7, 11) is 0. The van der Waals surface area contributed by atoms with Crippen molar-refractivity contribution in [1.29, 1.82) is 0 Å². The fraction of sp³-hybridized carbons (Fsp3) is 0.667. The van der Waals surface area contributed by atoms with Gasteiger partial charge in [-0.2, -0.15) is 4.98 Å². The van der Waals surface area contributed by atoms with E-state index in [2.05, 4.69) is 10.3 Å². The number of carbonyl (C=O) groups excluding carboxylic acids is 1. The number of carbonyl (C=O) groups is 1. The number of nitrogens with one attached hydrogen (secondary N) is 1. The third kappa shape index (κ3) is 4.53.